The Balaban J connectivity index is 3.26. The fourth-order valence-corrected chi connectivity index (χ4v) is 4.20. The van der Waals surface area contributed by atoms with Gasteiger partial charge in [-0.1, -0.05) is 12.2 Å². The summed E-state index contributed by atoms with van der Waals surface area (Å²) in [6, 6.07) is 0. The van der Waals surface area contributed by atoms with Gasteiger partial charge in [-0.05, 0) is 6.92 Å². The predicted molar refractivity (Wildman–Crippen MR) is 85.0 cm³/mol. The van der Waals surface area contributed by atoms with Crippen LogP contribution in [-0.2, 0) is 43.2 Å². The molecule has 1 fully saturated rings. The zero-order chi connectivity index (χ0) is 19.4. The third-order valence-electron chi connectivity index (χ3n) is 3.11. The average molecular weight is 378 g/mol. The fourth-order valence-electron chi connectivity index (χ4n) is 2.44. The summed E-state index contributed by atoms with van der Waals surface area (Å²) in [6.45, 7) is 8.03. The van der Waals surface area contributed by atoms with Crippen molar-refractivity contribution in [3.63, 3.8) is 0 Å². The highest BCUT2D eigenvalue weighted by Crippen LogP contribution is 2.28. The molecule has 0 N–H and O–H groups in total. The molecule has 1 aliphatic heterocycles. The van der Waals surface area contributed by atoms with Crippen molar-refractivity contribution in [2.45, 2.75) is 51.4 Å². The van der Waals surface area contributed by atoms with Crippen LogP contribution < -0.4 is 0 Å². The van der Waals surface area contributed by atoms with Gasteiger partial charge in [0.15, 0.2) is 33.6 Å². The summed E-state index contributed by atoms with van der Waals surface area (Å²) >= 11 is 0. The normalized spacial score (nSPS) is 26.4. The Kier molecular flexibility index (Phi) is 7.12. The number of ether oxygens (including phenoxy) is 4. The second kappa shape index (κ2) is 8.43. The van der Waals surface area contributed by atoms with Gasteiger partial charge in [0, 0.05) is 20.8 Å². The van der Waals surface area contributed by atoms with E-state index in [1.165, 1.54) is 6.92 Å². The third-order valence-corrected chi connectivity index (χ3v) is 5.11. The Labute approximate surface area is 146 Å². The van der Waals surface area contributed by atoms with Gasteiger partial charge in [0.2, 0.25) is 0 Å². The Bertz CT molecular complexity index is 652. The van der Waals surface area contributed by atoms with Crippen molar-refractivity contribution in [2.24, 2.45) is 0 Å². The van der Waals surface area contributed by atoms with Crippen molar-refractivity contribution in [3.05, 3.63) is 12.2 Å². The predicted octanol–water partition coefficient (Wildman–Crippen LogP) is 0.129. The number of carbonyl (C=O) groups excluding carboxylic acids is 3. The maximum atomic E-state index is 12.5. The molecule has 1 heterocycles. The van der Waals surface area contributed by atoms with E-state index >= 15 is 0 Å². The summed E-state index contributed by atoms with van der Waals surface area (Å²) in [5.74, 6) is -2.64. The zero-order valence-corrected chi connectivity index (χ0v) is 15.3. The molecule has 0 aliphatic carbocycles. The van der Waals surface area contributed by atoms with Crippen molar-refractivity contribution in [1.82, 2.24) is 0 Å². The molecule has 0 aromatic carbocycles. The average Bonchev–Trinajstić information content (AvgIpc) is 2.38. The summed E-state index contributed by atoms with van der Waals surface area (Å²) in [4.78, 5) is 34.1. The minimum absolute atomic E-state index is 0.338. The lowest BCUT2D eigenvalue weighted by Gasteiger charge is -2.40. The topological polar surface area (TPSA) is 122 Å². The van der Waals surface area contributed by atoms with Crippen LogP contribution in [0, 0.1) is 0 Å². The Hall–Kier alpha value is -1.94. The van der Waals surface area contributed by atoms with Crippen molar-refractivity contribution >= 4 is 27.7 Å². The third kappa shape index (κ3) is 6.13. The molecular weight excluding hydrogens is 356 g/mol. The quantitative estimate of drug-likeness (QED) is 0.360. The van der Waals surface area contributed by atoms with Crippen LogP contribution in [0.3, 0.4) is 0 Å². The van der Waals surface area contributed by atoms with Crippen molar-refractivity contribution in [3.8, 4) is 0 Å². The minimum Gasteiger partial charge on any atom is -0.456 e. The van der Waals surface area contributed by atoms with Crippen LogP contribution in [0.2, 0.25) is 0 Å². The smallest absolute Gasteiger partial charge is 0.303 e. The number of hydrogen-bond acceptors (Lipinski definition) is 9. The lowest BCUT2D eigenvalue weighted by Crippen LogP contribution is -2.59. The van der Waals surface area contributed by atoms with E-state index in [9.17, 15) is 22.8 Å². The summed E-state index contributed by atoms with van der Waals surface area (Å²) in [5.41, 5.74) is -1.22. The highest BCUT2D eigenvalue weighted by Gasteiger charge is 2.51. The van der Waals surface area contributed by atoms with Crippen LogP contribution in [-0.4, -0.2) is 62.4 Å². The molecule has 1 rings (SSSR count). The first-order valence-electron chi connectivity index (χ1n) is 7.43. The zero-order valence-electron chi connectivity index (χ0n) is 14.5. The van der Waals surface area contributed by atoms with E-state index in [2.05, 4.69) is 6.58 Å². The monoisotopic (exact) mass is 378 g/mol. The SMILES string of the molecule is C=C(C)CS(=O)(=O)[C@H]1OC[C@@H](OC(C)=O)[C@H](OC(C)=O)[C@@H]1OC(C)=O. The minimum atomic E-state index is -3.93. The molecule has 1 saturated heterocycles. The van der Waals surface area contributed by atoms with Crippen molar-refractivity contribution in [1.29, 1.82) is 0 Å². The molecule has 0 aromatic rings. The number of hydrogen-bond donors (Lipinski definition) is 0. The van der Waals surface area contributed by atoms with E-state index in [0.717, 1.165) is 20.8 Å². The van der Waals surface area contributed by atoms with E-state index in [4.69, 9.17) is 18.9 Å². The number of sulfone groups is 1. The lowest BCUT2D eigenvalue weighted by atomic mass is 10.1. The van der Waals surface area contributed by atoms with E-state index < -0.39 is 57.2 Å². The van der Waals surface area contributed by atoms with Crippen LogP contribution >= 0.6 is 0 Å². The molecule has 0 bridgehead atoms. The van der Waals surface area contributed by atoms with Gasteiger partial charge in [0.1, 0.15) is 0 Å². The maximum Gasteiger partial charge on any atom is 0.303 e. The number of esters is 3. The van der Waals surface area contributed by atoms with Gasteiger partial charge in [-0.3, -0.25) is 14.4 Å². The molecule has 10 heteroatoms. The largest absolute Gasteiger partial charge is 0.456 e. The van der Waals surface area contributed by atoms with Crippen LogP contribution in [0.5, 0.6) is 0 Å². The first-order chi connectivity index (χ1) is 11.4. The van der Waals surface area contributed by atoms with Gasteiger partial charge < -0.3 is 18.9 Å². The molecular formula is C15H22O9S. The molecule has 0 spiro atoms. The van der Waals surface area contributed by atoms with Gasteiger partial charge in [-0.2, -0.15) is 0 Å². The van der Waals surface area contributed by atoms with Gasteiger partial charge >= 0.3 is 17.9 Å². The van der Waals surface area contributed by atoms with Gasteiger partial charge in [-0.25, -0.2) is 8.42 Å². The van der Waals surface area contributed by atoms with Crippen LogP contribution in [0.15, 0.2) is 12.2 Å². The number of rotatable bonds is 6. The first kappa shape index (κ1) is 21.1. The van der Waals surface area contributed by atoms with Gasteiger partial charge in [0.05, 0.1) is 12.4 Å². The molecule has 25 heavy (non-hydrogen) atoms. The molecule has 0 radical (unpaired) electrons. The Morgan fingerprint density at radius 1 is 0.960 bits per heavy atom. The summed E-state index contributed by atoms with van der Waals surface area (Å²) in [6.07, 6.45) is -3.91. The second-order valence-corrected chi connectivity index (χ2v) is 7.84. The summed E-state index contributed by atoms with van der Waals surface area (Å²) in [7, 11) is -3.93. The van der Waals surface area contributed by atoms with Gasteiger partial charge in [-0.15, -0.1) is 0 Å². The van der Waals surface area contributed by atoms with Crippen molar-refractivity contribution in [2.75, 3.05) is 12.4 Å². The first-order valence-corrected chi connectivity index (χ1v) is 9.14. The molecule has 142 valence electrons. The van der Waals surface area contributed by atoms with Gasteiger partial charge in [0.25, 0.3) is 0 Å². The van der Waals surface area contributed by atoms with E-state index in [1.54, 1.807) is 0 Å². The summed E-state index contributed by atoms with van der Waals surface area (Å²) in [5, 5.41) is 0. The molecule has 1 aliphatic rings. The van der Waals surface area contributed by atoms with E-state index in [-0.39, 0.29) is 6.61 Å². The number of carbonyl (C=O) groups is 3. The van der Waals surface area contributed by atoms with Crippen LogP contribution in [0.25, 0.3) is 0 Å². The Morgan fingerprint density at radius 2 is 1.44 bits per heavy atom. The highest BCUT2D eigenvalue weighted by atomic mass is 32.2. The molecule has 9 nitrogen and oxygen atoms in total. The standard InChI is InChI=1S/C15H22O9S/c1-8(2)7-25(19,20)15-14(24-11(5)18)13(23-10(4)17)12(6-21-15)22-9(3)16/h12-15H,1,6-7H2,2-5H3/t12-,13+,14+,15-/m1/s1. The Morgan fingerprint density at radius 3 is 1.88 bits per heavy atom. The highest BCUT2D eigenvalue weighted by molar-refractivity contribution is 7.92. The maximum absolute atomic E-state index is 12.5. The van der Waals surface area contributed by atoms with E-state index in [1.807, 2.05) is 0 Å². The van der Waals surface area contributed by atoms with Crippen LogP contribution in [0.1, 0.15) is 27.7 Å². The lowest BCUT2D eigenvalue weighted by molar-refractivity contribution is -0.214. The molecule has 0 saturated carbocycles. The van der Waals surface area contributed by atoms with Crippen LogP contribution in [0.4, 0.5) is 0 Å². The molecule has 4 atom stereocenters. The fraction of sp³-hybridized carbons (Fsp3) is 0.667. The molecule has 0 aromatic heterocycles. The van der Waals surface area contributed by atoms with E-state index in [0.29, 0.717) is 5.57 Å². The van der Waals surface area contributed by atoms with Crippen molar-refractivity contribution < 1.29 is 41.7 Å². The molecule has 0 amide bonds. The summed E-state index contributed by atoms with van der Waals surface area (Å²) < 4.78 is 45.5. The second-order valence-electron chi connectivity index (χ2n) is 5.76. The molecule has 0 unspecified atom stereocenters.